The van der Waals surface area contributed by atoms with E-state index in [-0.39, 0.29) is 24.4 Å². The smallest absolute Gasteiger partial charge is 0.256 e. The van der Waals surface area contributed by atoms with Gasteiger partial charge in [-0.15, -0.1) is 0 Å². The second-order valence-electron chi connectivity index (χ2n) is 10.8. The summed E-state index contributed by atoms with van der Waals surface area (Å²) in [6, 6.07) is 3.79. The van der Waals surface area contributed by atoms with Gasteiger partial charge in [-0.2, -0.15) is 14.3 Å². The van der Waals surface area contributed by atoms with Gasteiger partial charge in [0, 0.05) is 37.3 Å². The highest BCUT2D eigenvalue weighted by Gasteiger charge is 2.37. The molecule has 2 aliphatic carbocycles. The molecule has 43 heavy (non-hydrogen) atoms. The van der Waals surface area contributed by atoms with Crippen LogP contribution in [-0.4, -0.2) is 72.0 Å². The lowest BCUT2D eigenvalue weighted by Gasteiger charge is -2.29. The Morgan fingerprint density at radius 3 is 2.60 bits per heavy atom. The molecule has 6 rings (SSSR count). The van der Waals surface area contributed by atoms with Gasteiger partial charge in [-0.05, 0) is 50.5 Å². The number of aliphatic hydroxyl groups excluding tert-OH is 1. The molecule has 0 atom stereocenters. The van der Waals surface area contributed by atoms with Gasteiger partial charge in [0.25, 0.3) is 10.0 Å². The lowest BCUT2D eigenvalue weighted by atomic mass is 9.86. The zero-order valence-electron chi connectivity index (χ0n) is 23.4. The van der Waals surface area contributed by atoms with Gasteiger partial charge in [-0.25, -0.2) is 27.8 Å². The highest BCUT2D eigenvalue weighted by Crippen LogP contribution is 2.31. The number of alkyl halides is 1. The minimum Gasteiger partial charge on any atom is -0.396 e. The number of aromatic nitrogens is 7. The van der Waals surface area contributed by atoms with Crippen molar-refractivity contribution in [2.45, 2.75) is 56.4 Å². The first-order chi connectivity index (χ1) is 20.9. The first-order valence-corrected chi connectivity index (χ1v) is 15.8. The van der Waals surface area contributed by atoms with Crippen LogP contribution in [0, 0.1) is 17.8 Å². The van der Waals surface area contributed by atoms with Gasteiger partial charge in [0.15, 0.2) is 5.82 Å². The molecule has 4 aromatic rings. The molecule has 4 heterocycles. The van der Waals surface area contributed by atoms with Crippen LogP contribution in [0.15, 0.2) is 49.3 Å². The maximum Gasteiger partial charge on any atom is 0.256 e. The number of halogens is 1. The third-order valence-corrected chi connectivity index (χ3v) is 9.63. The van der Waals surface area contributed by atoms with Crippen molar-refractivity contribution < 1.29 is 17.9 Å². The fraction of sp³-hybridized carbons (Fsp3) is 0.414. The number of anilines is 3. The summed E-state index contributed by atoms with van der Waals surface area (Å²) >= 11 is 0. The summed E-state index contributed by atoms with van der Waals surface area (Å²) in [6.45, 7) is -0.111. The number of hydrogen-bond acceptors (Lipinski definition) is 10. The SMILES string of the molecule is O=S(=O)(C1CC1)n1cc(-c2nccc(Nc3cc(NC4CCC(CO)CC4)c(C#Cc4cnn(CCF)c4)cn3)n2)cn1. The lowest BCUT2D eigenvalue weighted by molar-refractivity contribution is 0.186. The average Bonchev–Trinajstić information content (AvgIpc) is 3.59. The van der Waals surface area contributed by atoms with Gasteiger partial charge in [0.1, 0.15) is 18.3 Å². The van der Waals surface area contributed by atoms with Crippen molar-refractivity contribution in [3.8, 4) is 23.2 Å². The summed E-state index contributed by atoms with van der Waals surface area (Å²) in [5.41, 5.74) is 2.66. The quantitative estimate of drug-likeness (QED) is 0.230. The van der Waals surface area contributed by atoms with Crippen LogP contribution in [-0.2, 0) is 16.6 Å². The van der Waals surface area contributed by atoms with E-state index >= 15 is 0 Å². The van der Waals surface area contributed by atoms with Crippen LogP contribution in [0.1, 0.15) is 49.7 Å². The summed E-state index contributed by atoms with van der Waals surface area (Å²) in [5.74, 6) is 7.93. The zero-order chi connectivity index (χ0) is 29.8. The molecule has 2 aliphatic rings. The molecule has 2 fully saturated rings. The van der Waals surface area contributed by atoms with Gasteiger partial charge in [-0.3, -0.25) is 4.68 Å². The maximum atomic E-state index is 12.7. The number of hydrogen-bond donors (Lipinski definition) is 3. The number of nitrogens with zero attached hydrogens (tertiary/aromatic N) is 7. The molecule has 224 valence electrons. The van der Waals surface area contributed by atoms with Gasteiger partial charge < -0.3 is 15.7 Å². The summed E-state index contributed by atoms with van der Waals surface area (Å²) < 4.78 is 40.2. The lowest BCUT2D eigenvalue weighted by Crippen LogP contribution is -2.27. The third kappa shape index (κ3) is 6.84. The van der Waals surface area contributed by atoms with Crippen LogP contribution in [0.2, 0.25) is 0 Å². The third-order valence-electron chi connectivity index (χ3n) is 7.59. The van der Waals surface area contributed by atoms with Crippen LogP contribution in [0.3, 0.4) is 0 Å². The first kappa shape index (κ1) is 28.8. The van der Waals surface area contributed by atoms with E-state index in [4.69, 9.17) is 0 Å². The molecule has 2 saturated carbocycles. The van der Waals surface area contributed by atoms with E-state index in [1.54, 1.807) is 30.9 Å². The minimum absolute atomic E-state index is 0.180. The van der Waals surface area contributed by atoms with Gasteiger partial charge in [0.05, 0.1) is 52.8 Å². The van der Waals surface area contributed by atoms with E-state index < -0.39 is 16.7 Å². The molecule has 0 amide bonds. The Kier molecular flexibility index (Phi) is 8.35. The number of aliphatic hydroxyl groups is 1. The molecule has 0 radical (unpaired) electrons. The van der Waals surface area contributed by atoms with Crippen LogP contribution >= 0.6 is 0 Å². The van der Waals surface area contributed by atoms with Crippen molar-refractivity contribution in [2.75, 3.05) is 23.9 Å². The Labute approximate surface area is 248 Å². The predicted molar refractivity (Wildman–Crippen MR) is 159 cm³/mol. The van der Waals surface area contributed by atoms with E-state index in [0.717, 1.165) is 35.5 Å². The number of aryl methyl sites for hydroxylation is 1. The first-order valence-electron chi connectivity index (χ1n) is 14.3. The molecule has 0 unspecified atom stereocenters. The largest absolute Gasteiger partial charge is 0.396 e. The van der Waals surface area contributed by atoms with E-state index in [2.05, 4.69) is 47.6 Å². The van der Waals surface area contributed by atoms with Crippen molar-refractivity contribution in [1.29, 1.82) is 0 Å². The van der Waals surface area contributed by atoms with Gasteiger partial charge in [-0.1, -0.05) is 11.8 Å². The maximum absolute atomic E-state index is 12.7. The molecule has 0 aliphatic heterocycles. The standard InChI is InChI=1S/C29H32FN9O3S/c30-10-12-38-17-21(14-33-38)1-4-22-15-32-28(13-26(22)35-24-5-2-20(19-40)3-6-24)36-27-9-11-31-29(37-27)23-16-34-39(18-23)43(41,42)25-7-8-25/h9,11,13-18,20,24-25,40H,2-3,5-8,10,12,19H2,(H2,31,32,35,36,37). The average molecular weight is 606 g/mol. The van der Waals surface area contributed by atoms with Gasteiger partial charge >= 0.3 is 0 Å². The van der Waals surface area contributed by atoms with Gasteiger partial charge in [0.2, 0.25) is 0 Å². The fourth-order valence-electron chi connectivity index (χ4n) is 5.01. The Balaban J connectivity index is 1.23. The second kappa shape index (κ2) is 12.5. The summed E-state index contributed by atoms with van der Waals surface area (Å²) in [5, 5.41) is 24.1. The van der Waals surface area contributed by atoms with E-state index in [9.17, 15) is 17.9 Å². The summed E-state index contributed by atoms with van der Waals surface area (Å²) in [7, 11) is -3.49. The Morgan fingerprint density at radius 1 is 1.00 bits per heavy atom. The topological polar surface area (TPSA) is 153 Å². The fourth-order valence-corrected chi connectivity index (χ4v) is 6.48. The van der Waals surface area contributed by atoms with Crippen molar-refractivity contribution in [3.05, 3.63) is 60.4 Å². The van der Waals surface area contributed by atoms with Crippen LogP contribution in [0.4, 0.5) is 21.7 Å². The Bertz CT molecular complexity index is 1750. The number of nitrogens with one attached hydrogen (secondary N) is 2. The van der Waals surface area contributed by atoms with Crippen LogP contribution < -0.4 is 10.6 Å². The second-order valence-corrected chi connectivity index (χ2v) is 12.9. The minimum atomic E-state index is -3.49. The highest BCUT2D eigenvalue weighted by molar-refractivity contribution is 7.90. The van der Waals surface area contributed by atoms with Crippen LogP contribution in [0.5, 0.6) is 0 Å². The number of pyridine rings is 1. The molecular formula is C29H32FN9O3S. The molecule has 0 saturated heterocycles. The summed E-state index contributed by atoms with van der Waals surface area (Å²) in [6.07, 6.45) is 14.5. The van der Waals surface area contributed by atoms with E-state index in [1.807, 2.05) is 6.07 Å². The van der Waals surface area contributed by atoms with E-state index in [1.165, 1.54) is 17.1 Å². The Hall–Kier alpha value is -4.35. The van der Waals surface area contributed by atoms with Crippen LogP contribution in [0.25, 0.3) is 11.4 Å². The molecule has 0 aromatic carbocycles. The molecule has 0 spiro atoms. The molecule has 3 N–H and O–H groups in total. The van der Waals surface area contributed by atoms with Crippen molar-refractivity contribution >= 4 is 27.3 Å². The Morgan fingerprint density at radius 2 is 1.84 bits per heavy atom. The molecule has 14 heteroatoms. The van der Waals surface area contributed by atoms with Crippen molar-refractivity contribution in [1.82, 2.24) is 33.9 Å². The monoisotopic (exact) mass is 605 g/mol. The highest BCUT2D eigenvalue weighted by atomic mass is 32.2. The van der Waals surface area contributed by atoms with Crippen molar-refractivity contribution in [2.24, 2.45) is 5.92 Å². The molecule has 12 nitrogen and oxygen atoms in total. The summed E-state index contributed by atoms with van der Waals surface area (Å²) in [4.78, 5) is 13.4. The molecule has 4 aromatic heterocycles. The molecule has 0 bridgehead atoms. The normalized spacial score (nSPS) is 18.6. The predicted octanol–water partition coefficient (Wildman–Crippen LogP) is 3.35. The van der Waals surface area contributed by atoms with Crippen molar-refractivity contribution in [3.63, 3.8) is 0 Å². The van der Waals surface area contributed by atoms with E-state index in [0.29, 0.717) is 52.9 Å². The molecular weight excluding hydrogens is 573 g/mol. The zero-order valence-corrected chi connectivity index (χ0v) is 24.2. The number of rotatable bonds is 10.